The van der Waals surface area contributed by atoms with Crippen molar-refractivity contribution in [2.75, 3.05) is 11.5 Å². The molecule has 11 heteroatoms. The number of nitrogens with zero attached hydrogens (tertiary/aromatic N) is 2. The van der Waals surface area contributed by atoms with E-state index in [0.717, 1.165) is 0 Å². The molecule has 4 aromatic rings. The summed E-state index contributed by atoms with van der Waals surface area (Å²) in [5, 5.41) is -0.633. The number of benzene rings is 4. The Morgan fingerprint density at radius 2 is 1.02 bits per heavy atom. The maximum Gasteiger partial charge on any atom is 0.179 e. The van der Waals surface area contributed by atoms with Gasteiger partial charge in [-0.15, -0.1) is 0 Å². The van der Waals surface area contributed by atoms with E-state index < -0.39 is 19.7 Å². The smallest absolute Gasteiger partial charge is 0.179 e. The topological polar surface area (TPSA) is 111 Å². The Morgan fingerprint density at radius 1 is 0.585 bits per heavy atom. The molecule has 0 spiro atoms. The van der Waals surface area contributed by atoms with Gasteiger partial charge >= 0.3 is 0 Å². The summed E-state index contributed by atoms with van der Waals surface area (Å²) in [6, 6.07) is 24.0. The van der Waals surface area contributed by atoms with Crippen molar-refractivity contribution in [1.29, 1.82) is 0 Å². The molecule has 3 aliphatic heterocycles. The number of hydrogen-bond donors (Lipinski definition) is 0. The summed E-state index contributed by atoms with van der Waals surface area (Å²) >= 11 is 1.37. The summed E-state index contributed by atoms with van der Waals surface area (Å²) in [5.41, 5.74) is 2.43. The predicted molar refractivity (Wildman–Crippen MR) is 160 cm³/mol. The Labute approximate surface area is 241 Å². The minimum Gasteiger partial charge on any atom is -0.454 e. The Hall–Kier alpha value is -3.93. The van der Waals surface area contributed by atoms with Gasteiger partial charge < -0.3 is 9.47 Å². The second-order valence-electron chi connectivity index (χ2n) is 9.83. The van der Waals surface area contributed by atoms with Gasteiger partial charge in [0, 0.05) is 34.1 Å². The Morgan fingerprint density at radius 3 is 1.49 bits per heavy atom. The van der Waals surface area contributed by atoms with Crippen LogP contribution in [-0.4, -0.2) is 51.3 Å². The lowest BCUT2D eigenvalue weighted by Gasteiger charge is -2.10. The maximum absolute atomic E-state index is 13.3. The summed E-state index contributed by atoms with van der Waals surface area (Å²) < 4.78 is 64.9. The highest BCUT2D eigenvalue weighted by Crippen LogP contribution is 2.45. The lowest BCUT2D eigenvalue weighted by atomic mass is 10.2. The van der Waals surface area contributed by atoms with Crippen molar-refractivity contribution in [3.05, 3.63) is 96.1 Å². The molecule has 41 heavy (non-hydrogen) atoms. The molecule has 206 valence electrons. The Bertz CT molecular complexity index is 1840. The fourth-order valence-electron chi connectivity index (χ4n) is 4.74. The van der Waals surface area contributed by atoms with E-state index in [-0.39, 0.29) is 31.8 Å². The average Bonchev–Trinajstić information content (AvgIpc) is 3.73. The lowest BCUT2D eigenvalue weighted by Crippen LogP contribution is -2.19. The Balaban J connectivity index is 1.04. The third kappa shape index (κ3) is 5.16. The van der Waals surface area contributed by atoms with E-state index >= 15 is 0 Å². The number of thioether (sulfide) groups is 1. The van der Waals surface area contributed by atoms with Gasteiger partial charge in [0.25, 0.3) is 0 Å². The van der Waals surface area contributed by atoms with Crippen LogP contribution in [0.1, 0.15) is 11.1 Å². The molecule has 0 aromatic heterocycles. The molecule has 0 aliphatic carbocycles. The molecule has 4 aromatic carbocycles. The van der Waals surface area contributed by atoms with Crippen LogP contribution in [0.15, 0.2) is 105 Å². The van der Waals surface area contributed by atoms with Crippen molar-refractivity contribution in [3.63, 3.8) is 0 Å². The Kier molecular flexibility index (Phi) is 6.25. The van der Waals surface area contributed by atoms with Crippen molar-refractivity contribution in [2.45, 2.75) is 20.3 Å². The van der Waals surface area contributed by atoms with E-state index in [9.17, 15) is 16.8 Å². The molecule has 2 unspecified atom stereocenters. The fraction of sp³-hybridized carbons (Fsp3) is 0.133. The highest BCUT2D eigenvalue weighted by atomic mass is 32.2. The second-order valence-corrected chi connectivity index (χ2v) is 15.4. The standard InChI is InChI=1S/C30H22N2O6S3/c33-40(34,21-9-11-25-19(13-21)15-31-23-5-1-3-7-27(23)37-25)17-29-30(39-29)18-41(35,36)22-10-12-26-20(14-22)16-32-24-6-2-4-8-28(24)38-26/h1-16,29-30H,17-18H2. The molecule has 0 N–H and O–H groups in total. The average molecular weight is 603 g/mol. The zero-order valence-corrected chi connectivity index (χ0v) is 23.8. The van der Waals surface area contributed by atoms with Crippen LogP contribution >= 0.6 is 11.8 Å². The molecule has 7 rings (SSSR count). The molecule has 0 saturated carbocycles. The molecular formula is C30H22N2O6S3. The number of aliphatic imine (C=N–C) groups is 2. The zero-order chi connectivity index (χ0) is 28.2. The van der Waals surface area contributed by atoms with E-state index in [2.05, 4.69) is 9.98 Å². The fourth-order valence-corrected chi connectivity index (χ4v) is 10.1. The van der Waals surface area contributed by atoms with E-state index in [0.29, 0.717) is 45.5 Å². The van der Waals surface area contributed by atoms with Gasteiger partial charge in [-0.3, -0.25) is 9.98 Å². The monoisotopic (exact) mass is 602 g/mol. The van der Waals surface area contributed by atoms with Crippen LogP contribution in [0.25, 0.3) is 0 Å². The molecular weight excluding hydrogens is 581 g/mol. The number of ether oxygens (including phenoxy) is 2. The quantitative estimate of drug-likeness (QED) is 0.211. The molecule has 3 aliphatic rings. The normalized spacial score (nSPS) is 18.4. The number of sulfone groups is 2. The summed E-state index contributed by atoms with van der Waals surface area (Å²) in [7, 11) is -7.34. The largest absolute Gasteiger partial charge is 0.454 e. The van der Waals surface area contributed by atoms with Crippen LogP contribution in [0.2, 0.25) is 0 Å². The van der Waals surface area contributed by atoms with Crippen LogP contribution in [0, 0.1) is 0 Å². The second kappa shape index (κ2) is 9.86. The number of fused-ring (bicyclic) bond motifs is 4. The molecule has 8 nitrogen and oxygen atoms in total. The van der Waals surface area contributed by atoms with Crippen molar-refractivity contribution >= 4 is 55.2 Å². The predicted octanol–water partition coefficient (Wildman–Crippen LogP) is 6.13. The van der Waals surface area contributed by atoms with Crippen molar-refractivity contribution in [3.8, 4) is 23.0 Å². The van der Waals surface area contributed by atoms with Crippen LogP contribution in [-0.2, 0) is 19.7 Å². The van der Waals surface area contributed by atoms with Gasteiger partial charge in [-0.2, -0.15) is 11.8 Å². The molecule has 3 heterocycles. The van der Waals surface area contributed by atoms with Crippen LogP contribution in [0.4, 0.5) is 11.4 Å². The summed E-state index contributed by atoms with van der Waals surface area (Å²) in [6.07, 6.45) is 3.19. The van der Waals surface area contributed by atoms with Crippen molar-refractivity contribution in [2.24, 2.45) is 9.98 Å². The SMILES string of the molecule is O=S(=O)(CC1SC1CS(=O)(=O)c1ccc2c(c1)C=Nc1ccccc1O2)c1ccc2c(c1)C=Nc1ccccc1O2. The van der Waals surface area contributed by atoms with Gasteiger partial charge in [0.15, 0.2) is 31.2 Å². The number of rotatable bonds is 6. The van der Waals surface area contributed by atoms with E-state index in [1.165, 1.54) is 23.9 Å². The first-order chi connectivity index (χ1) is 19.7. The first kappa shape index (κ1) is 26.0. The van der Waals surface area contributed by atoms with Crippen molar-refractivity contribution in [1.82, 2.24) is 0 Å². The summed E-state index contributed by atoms with van der Waals surface area (Å²) in [6.45, 7) is 0. The van der Waals surface area contributed by atoms with Crippen LogP contribution < -0.4 is 9.47 Å². The third-order valence-electron chi connectivity index (χ3n) is 6.99. The maximum atomic E-state index is 13.3. The third-order valence-corrected chi connectivity index (χ3v) is 12.3. The molecule has 1 saturated heterocycles. The molecule has 0 radical (unpaired) electrons. The minimum atomic E-state index is -3.67. The molecule has 0 bridgehead atoms. The lowest BCUT2D eigenvalue weighted by molar-refractivity contribution is 0.484. The summed E-state index contributed by atoms with van der Waals surface area (Å²) in [4.78, 5) is 9.13. The minimum absolute atomic E-state index is 0.150. The van der Waals surface area contributed by atoms with Gasteiger partial charge in [0.1, 0.15) is 22.9 Å². The zero-order valence-electron chi connectivity index (χ0n) is 21.4. The van der Waals surface area contributed by atoms with Gasteiger partial charge in [-0.25, -0.2) is 16.8 Å². The first-order valence-corrected chi connectivity index (χ1v) is 17.0. The van der Waals surface area contributed by atoms with Gasteiger partial charge in [-0.1, -0.05) is 24.3 Å². The van der Waals surface area contributed by atoms with Gasteiger partial charge in [0.05, 0.1) is 21.3 Å². The van der Waals surface area contributed by atoms with Gasteiger partial charge in [-0.05, 0) is 60.7 Å². The van der Waals surface area contributed by atoms with Gasteiger partial charge in [0.2, 0.25) is 0 Å². The van der Waals surface area contributed by atoms with Crippen LogP contribution in [0.5, 0.6) is 23.0 Å². The van der Waals surface area contributed by atoms with Crippen LogP contribution in [0.3, 0.4) is 0 Å². The highest BCUT2D eigenvalue weighted by Gasteiger charge is 2.44. The van der Waals surface area contributed by atoms with E-state index in [4.69, 9.17) is 9.47 Å². The molecule has 2 atom stereocenters. The number of hydrogen-bond acceptors (Lipinski definition) is 9. The summed E-state index contributed by atoms with van der Waals surface area (Å²) in [5.74, 6) is 1.91. The van der Waals surface area contributed by atoms with Crippen molar-refractivity contribution < 1.29 is 26.3 Å². The molecule has 1 fully saturated rings. The first-order valence-electron chi connectivity index (χ1n) is 12.8. The number of para-hydroxylation sites is 4. The van der Waals surface area contributed by atoms with E-state index in [1.807, 2.05) is 36.4 Å². The highest BCUT2D eigenvalue weighted by molar-refractivity contribution is 8.09. The van der Waals surface area contributed by atoms with E-state index in [1.54, 1.807) is 48.8 Å². The molecule has 0 amide bonds.